The SMILES string of the molecule is COc1ccc(NS(=O)(=O)c2ccc(C)c(C(=O)NCc3cccnc3OC3CCCC3)c2)cc1. The topological polar surface area (TPSA) is 107 Å². The second-order valence-electron chi connectivity index (χ2n) is 8.49. The molecular formula is C26H29N3O5S. The number of aryl methyl sites for hydroxylation is 1. The van der Waals surface area contributed by atoms with Crippen LogP contribution in [0.3, 0.4) is 0 Å². The van der Waals surface area contributed by atoms with Gasteiger partial charge in [-0.2, -0.15) is 0 Å². The molecule has 3 aromatic rings. The number of nitrogens with one attached hydrogen (secondary N) is 2. The Morgan fingerprint density at radius 3 is 2.54 bits per heavy atom. The van der Waals surface area contributed by atoms with E-state index in [2.05, 4.69) is 15.0 Å². The number of pyridine rings is 1. The summed E-state index contributed by atoms with van der Waals surface area (Å²) in [6, 6.07) is 14.7. The van der Waals surface area contributed by atoms with Crippen molar-refractivity contribution >= 4 is 21.6 Å². The summed E-state index contributed by atoms with van der Waals surface area (Å²) in [5.41, 5.74) is 2.11. The van der Waals surface area contributed by atoms with Crippen molar-refractivity contribution in [2.45, 2.75) is 50.2 Å². The smallest absolute Gasteiger partial charge is 0.261 e. The summed E-state index contributed by atoms with van der Waals surface area (Å²) < 4.78 is 39.5. The van der Waals surface area contributed by atoms with Gasteiger partial charge in [-0.05, 0) is 80.6 Å². The molecule has 2 N–H and O–H groups in total. The Morgan fingerprint density at radius 1 is 1.09 bits per heavy atom. The number of rotatable bonds is 9. The zero-order valence-electron chi connectivity index (χ0n) is 19.8. The summed E-state index contributed by atoms with van der Waals surface area (Å²) in [4.78, 5) is 17.3. The molecule has 8 nitrogen and oxygen atoms in total. The highest BCUT2D eigenvalue weighted by Crippen LogP contribution is 2.25. The van der Waals surface area contributed by atoms with Crippen molar-refractivity contribution in [3.8, 4) is 11.6 Å². The second-order valence-corrected chi connectivity index (χ2v) is 10.2. The van der Waals surface area contributed by atoms with Crippen molar-refractivity contribution in [2.24, 2.45) is 0 Å². The molecule has 1 aliphatic carbocycles. The van der Waals surface area contributed by atoms with Crippen molar-refractivity contribution in [2.75, 3.05) is 11.8 Å². The van der Waals surface area contributed by atoms with Crippen LogP contribution in [0.5, 0.6) is 11.6 Å². The van der Waals surface area contributed by atoms with Gasteiger partial charge in [0.25, 0.3) is 15.9 Å². The third kappa shape index (κ3) is 6.10. The molecule has 9 heteroatoms. The molecule has 35 heavy (non-hydrogen) atoms. The number of hydrogen-bond acceptors (Lipinski definition) is 6. The molecule has 1 saturated carbocycles. The van der Waals surface area contributed by atoms with E-state index >= 15 is 0 Å². The van der Waals surface area contributed by atoms with Crippen LogP contribution in [0.1, 0.15) is 47.2 Å². The van der Waals surface area contributed by atoms with E-state index in [1.165, 1.54) is 19.2 Å². The molecule has 184 valence electrons. The lowest BCUT2D eigenvalue weighted by Crippen LogP contribution is -2.25. The Kier molecular flexibility index (Phi) is 7.55. The van der Waals surface area contributed by atoms with E-state index in [-0.39, 0.29) is 29.0 Å². The number of nitrogens with zero attached hydrogens (tertiary/aromatic N) is 1. The first kappa shape index (κ1) is 24.5. The maximum Gasteiger partial charge on any atom is 0.261 e. The van der Waals surface area contributed by atoms with Gasteiger partial charge in [0, 0.05) is 29.6 Å². The lowest BCUT2D eigenvalue weighted by atomic mass is 10.1. The molecule has 1 aliphatic rings. The molecule has 1 amide bonds. The number of anilines is 1. The van der Waals surface area contributed by atoms with Gasteiger partial charge in [-0.25, -0.2) is 13.4 Å². The monoisotopic (exact) mass is 495 g/mol. The average Bonchev–Trinajstić information content (AvgIpc) is 3.37. The van der Waals surface area contributed by atoms with Crippen LogP contribution in [-0.2, 0) is 16.6 Å². The molecule has 1 fully saturated rings. The quantitative estimate of drug-likeness (QED) is 0.454. The number of methoxy groups -OCH3 is 1. The van der Waals surface area contributed by atoms with Crippen molar-refractivity contribution in [1.29, 1.82) is 0 Å². The number of aromatic nitrogens is 1. The van der Waals surface area contributed by atoms with Gasteiger partial charge >= 0.3 is 0 Å². The lowest BCUT2D eigenvalue weighted by molar-refractivity contribution is 0.0949. The molecular weight excluding hydrogens is 466 g/mol. The number of sulfonamides is 1. The van der Waals surface area contributed by atoms with Crippen molar-refractivity contribution in [1.82, 2.24) is 10.3 Å². The van der Waals surface area contributed by atoms with Crippen LogP contribution in [0.15, 0.2) is 65.7 Å². The maximum atomic E-state index is 13.0. The van der Waals surface area contributed by atoms with E-state index in [0.717, 1.165) is 31.2 Å². The minimum Gasteiger partial charge on any atom is -0.497 e. The van der Waals surface area contributed by atoms with E-state index in [0.29, 0.717) is 22.9 Å². The van der Waals surface area contributed by atoms with E-state index in [9.17, 15) is 13.2 Å². The van der Waals surface area contributed by atoms with Crippen molar-refractivity contribution < 1.29 is 22.7 Å². The Bertz CT molecular complexity index is 1290. The van der Waals surface area contributed by atoms with Gasteiger partial charge in [0.2, 0.25) is 5.88 Å². The van der Waals surface area contributed by atoms with Gasteiger partial charge in [0.05, 0.1) is 12.0 Å². The molecule has 0 bridgehead atoms. The number of benzene rings is 2. The average molecular weight is 496 g/mol. The zero-order chi connectivity index (χ0) is 24.8. The fourth-order valence-corrected chi connectivity index (χ4v) is 5.07. The van der Waals surface area contributed by atoms with Gasteiger partial charge in [0.15, 0.2) is 0 Å². The molecule has 0 spiro atoms. The van der Waals surface area contributed by atoms with Crippen LogP contribution in [0.2, 0.25) is 0 Å². The third-order valence-electron chi connectivity index (χ3n) is 5.98. The number of hydrogen-bond donors (Lipinski definition) is 2. The van der Waals surface area contributed by atoms with Crippen molar-refractivity contribution in [3.05, 3.63) is 77.5 Å². The summed E-state index contributed by atoms with van der Waals surface area (Å²) in [6.45, 7) is 1.98. The van der Waals surface area contributed by atoms with E-state index < -0.39 is 10.0 Å². The molecule has 0 aliphatic heterocycles. The second kappa shape index (κ2) is 10.8. The molecule has 0 unspecified atom stereocenters. The van der Waals surface area contributed by atoms with Gasteiger partial charge in [0.1, 0.15) is 11.9 Å². The molecule has 0 atom stereocenters. The summed E-state index contributed by atoms with van der Waals surface area (Å²) in [5.74, 6) is 0.767. The third-order valence-corrected chi connectivity index (χ3v) is 7.36. The predicted molar refractivity (Wildman–Crippen MR) is 133 cm³/mol. The fraction of sp³-hybridized carbons (Fsp3) is 0.308. The first-order valence-electron chi connectivity index (χ1n) is 11.5. The summed E-state index contributed by atoms with van der Waals surface area (Å²) >= 11 is 0. The predicted octanol–water partition coefficient (Wildman–Crippen LogP) is 4.45. The molecule has 2 aromatic carbocycles. The van der Waals surface area contributed by atoms with Crippen LogP contribution >= 0.6 is 0 Å². The molecule has 0 saturated heterocycles. The summed E-state index contributed by atoms with van der Waals surface area (Å²) in [6.07, 6.45) is 6.14. The Morgan fingerprint density at radius 2 is 1.83 bits per heavy atom. The highest BCUT2D eigenvalue weighted by atomic mass is 32.2. The van der Waals surface area contributed by atoms with E-state index in [1.54, 1.807) is 49.5 Å². The first-order chi connectivity index (χ1) is 16.9. The Balaban J connectivity index is 1.47. The van der Waals surface area contributed by atoms with Gasteiger partial charge in [-0.1, -0.05) is 12.1 Å². The molecule has 4 rings (SSSR count). The molecule has 0 radical (unpaired) electrons. The highest BCUT2D eigenvalue weighted by Gasteiger charge is 2.21. The van der Waals surface area contributed by atoms with Gasteiger partial charge < -0.3 is 14.8 Å². The number of ether oxygens (including phenoxy) is 2. The molecule has 1 aromatic heterocycles. The maximum absolute atomic E-state index is 13.0. The minimum absolute atomic E-state index is 0.00398. The van der Waals surface area contributed by atoms with Crippen molar-refractivity contribution in [3.63, 3.8) is 0 Å². The van der Waals surface area contributed by atoms with Crippen LogP contribution in [0.25, 0.3) is 0 Å². The zero-order valence-corrected chi connectivity index (χ0v) is 20.6. The summed E-state index contributed by atoms with van der Waals surface area (Å²) in [5, 5.41) is 2.87. The van der Waals surface area contributed by atoms with Crippen LogP contribution < -0.4 is 19.5 Å². The normalized spacial score (nSPS) is 13.9. The minimum atomic E-state index is -3.89. The van der Waals surface area contributed by atoms with E-state index in [1.807, 2.05) is 6.07 Å². The summed E-state index contributed by atoms with van der Waals surface area (Å²) in [7, 11) is -2.36. The number of carbonyl (C=O) groups is 1. The highest BCUT2D eigenvalue weighted by molar-refractivity contribution is 7.92. The molecule has 1 heterocycles. The Hall–Kier alpha value is -3.59. The lowest BCUT2D eigenvalue weighted by Gasteiger charge is -2.16. The fourth-order valence-electron chi connectivity index (χ4n) is 3.99. The first-order valence-corrected chi connectivity index (χ1v) is 13.0. The Labute approximate surface area is 205 Å². The largest absolute Gasteiger partial charge is 0.497 e. The number of amides is 1. The number of carbonyl (C=O) groups excluding carboxylic acids is 1. The van der Waals surface area contributed by atoms with Crippen LogP contribution in [0, 0.1) is 6.92 Å². The van der Waals surface area contributed by atoms with Gasteiger partial charge in [-0.3, -0.25) is 9.52 Å². The van der Waals surface area contributed by atoms with E-state index in [4.69, 9.17) is 9.47 Å². The van der Waals surface area contributed by atoms with Crippen LogP contribution in [-0.4, -0.2) is 32.5 Å². The van der Waals surface area contributed by atoms with Crippen LogP contribution in [0.4, 0.5) is 5.69 Å². The standard InChI is InChI=1S/C26H29N3O5S/c1-18-9-14-23(35(31,32)29-20-10-12-21(33-2)13-11-20)16-24(18)25(30)28-17-19-6-5-15-27-26(19)34-22-7-3-4-8-22/h5-6,9-16,22,29H,3-4,7-8,17H2,1-2H3,(H,28,30). The van der Waals surface area contributed by atoms with Gasteiger partial charge in [-0.15, -0.1) is 0 Å².